The largest absolute Gasteiger partial charge is 0.383 e. The number of ether oxygens (including phenoxy) is 1. The normalized spacial score (nSPS) is 10.5. The Morgan fingerprint density at radius 3 is 2.37 bits per heavy atom. The third-order valence-electron chi connectivity index (χ3n) is 4.29. The number of methoxy groups -OCH3 is 1. The van der Waals surface area contributed by atoms with Crippen LogP contribution in [-0.4, -0.2) is 36.6 Å². The number of amides is 2. The van der Waals surface area contributed by atoms with Crippen LogP contribution in [0.2, 0.25) is 0 Å². The number of hydrogen-bond donors (Lipinski definition) is 2. The first-order chi connectivity index (χ1) is 14.5. The Hall–Kier alpha value is -3.23. The summed E-state index contributed by atoms with van der Waals surface area (Å²) >= 11 is 3.34. The monoisotopic (exact) mass is 469 g/mol. The summed E-state index contributed by atoms with van der Waals surface area (Å²) in [4.78, 5) is 37.3. The topological polar surface area (TPSA) is 89.4 Å². The van der Waals surface area contributed by atoms with Gasteiger partial charge in [-0.05, 0) is 60.7 Å². The fraction of sp³-hybridized carbons (Fsp3) is 0.136. The molecule has 2 N–H and O–H groups in total. The van der Waals surface area contributed by atoms with Gasteiger partial charge in [0, 0.05) is 41.3 Å². The molecule has 0 bridgehead atoms. The summed E-state index contributed by atoms with van der Waals surface area (Å²) < 4.78 is 7.17. The highest BCUT2D eigenvalue weighted by Gasteiger charge is 2.13. The smallest absolute Gasteiger partial charge is 0.267 e. The van der Waals surface area contributed by atoms with Crippen molar-refractivity contribution < 1.29 is 14.3 Å². The van der Waals surface area contributed by atoms with Gasteiger partial charge in [0.05, 0.1) is 6.61 Å². The van der Waals surface area contributed by atoms with Crippen LogP contribution in [0.1, 0.15) is 20.7 Å². The van der Waals surface area contributed by atoms with E-state index in [1.165, 1.54) is 17.7 Å². The molecule has 3 rings (SSSR count). The zero-order chi connectivity index (χ0) is 21.5. The predicted octanol–water partition coefficient (Wildman–Crippen LogP) is 3.23. The summed E-state index contributed by atoms with van der Waals surface area (Å²) in [5.41, 5.74) is 1.31. The Balaban J connectivity index is 1.75. The van der Waals surface area contributed by atoms with E-state index in [1.54, 1.807) is 60.8 Å². The SMILES string of the molecule is COCCNC(=O)c1cccn(-c2ccc(NC(=O)c3ccc(Br)cc3)cc2)c1=O. The van der Waals surface area contributed by atoms with E-state index < -0.39 is 11.5 Å². The maximum Gasteiger partial charge on any atom is 0.267 e. The molecule has 0 aliphatic heterocycles. The molecule has 3 aromatic rings. The first-order valence-electron chi connectivity index (χ1n) is 9.16. The van der Waals surface area contributed by atoms with E-state index in [0.29, 0.717) is 30.1 Å². The molecule has 0 radical (unpaired) electrons. The van der Waals surface area contributed by atoms with E-state index in [-0.39, 0.29) is 11.5 Å². The van der Waals surface area contributed by atoms with Gasteiger partial charge >= 0.3 is 0 Å². The molecule has 7 nitrogen and oxygen atoms in total. The van der Waals surface area contributed by atoms with Crippen molar-refractivity contribution in [2.45, 2.75) is 0 Å². The molecule has 0 fully saturated rings. The van der Waals surface area contributed by atoms with Gasteiger partial charge in [0.15, 0.2) is 0 Å². The van der Waals surface area contributed by atoms with E-state index in [2.05, 4.69) is 26.6 Å². The summed E-state index contributed by atoms with van der Waals surface area (Å²) in [5.74, 6) is -0.688. The van der Waals surface area contributed by atoms with Gasteiger partial charge in [-0.1, -0.05) is 15.9 Å². The minimum absolute atomic E-state index is 0.0428. The average Bonchev–Trinajstić information content (AvgIpc) is 2.75. The van der Waals surface area contributed by atoms with Crippen LogP contribution in [0.4, 0.5) is 5.69 Å². The van der Waals surface area contributed by atoms with Gasteiger partial charge in [-0.3, -0.25) is 19.0 Å². The Labute approximate surface area is 181 Å². The van der Waals surface area contributed by atoms with Crippen LogP contribution < -0.4 is 16.2 Å². The Kier molecular flexibility index (Phi) is 7.16. The van der Waals surface area contributed by atoms with Crippen LogP contribution in [0.25, 0.3) is 5.69 Å². The van der Waals surface area contributed by atoms with Crippen molar-refractivity contribution >= 4 is 33.4 Å². The molecule has 2 aromatic carbocycles. The molecular weight excluding hydrogens is 450 g/mol. The van der Waals surface area contributed by atoms with Crippen LogP contribution in [0, 0.1) is 0 Å². The summed E-state index contributed by atoms with van der Waals surface area (Å²) in [6.45, 7) is 0.677. The molecule has 0 aliphatic rings. The molecule has 30 heavy (non-hydrogen) atoms. The van der Waals surface area contributed by atoms with Gasteiger partial charge in [-0.25, -0.2) is 0 Å². The fourth-order valence-electron chi connectivity index (χ4n) is 2.74. The molecule has 8 heteroatoms. The molecule has 1 heterocycles. The van der Waals surface area contributed by atoms with Crippen LogP contribution in [0.3, 0.4) is 0 Å². The fourth-order valence-corrected chi connectivity index (χ4v) is 3.01. The summed E-state index contributed by atoms with van der Waals surface area (Å²) in [5, 5.41) is 5.45. The minimum atomic E-state index is -0.454. The number of carbonyl (C=O) groups excluding carboxylic acids is 2. The third kappa shape index (κ3) is 5.22. The van der Waals surface area contributed by atoms with E-state index in [0.717, 1.165) is 4.47 Å². The third-order valence-corrected chi connectivity index (χ3v) is 4.82. The highest BCUT2D eigenvalue weighted by atomic mass is 79.9. The minimum Gasteiger partial charge on any atom is -0.383 e. The average molecular weight is 470 g/mol. The number of aromatic nitrogens is 1. The number of rotatable bonds is 7. The van der Waals surface area contributed by atoms with E-state index in [4.69, 9.17) is 4.74 Å². The second-order valence-electron chi connectivity index (χ2n) is 6.35. The molecule has 0 unspecified atom stereocenters. The number of anilines is 1. The standard InChI is InChI=1S/C22H20BrN3O4/c1-30-14-12-24-21(28)19-3-2-13-26(22(19)29)18-10-8-17(9-11-18)25-20(27)15-4-6-16(23)7-5-15/h2-11,13H,12,14H2,1H3,(H,24,28)(H,25,27). The summed E-state index contributed by atoms with van der Waals surface area (Å²) in [7, 11) is 1.53. The van der Waals surface area contributed by atoms with Crippen LogP contribution in [0.15, 0.2) is 76.1 Å². The van der Waals surface area contributed by atoms with Crippen LogP contribution in [0.5, 0.6) is 0 Å². The van der Waals surface area contributed by atoms with Gasteiger partial charge in [0.2, 0.25) is 0 Å². The Bertz CT molecular complexity index is 1090. The van der Waals surface area contributed by atoms with Gasteiger partial charge in [0.25, 0.3) is 17.4 Å². The molecule has 2 amide bonds. The number of benzene rings is 2. The number of pyridine rings is 1. The second kappa shape index (κ2) is 10.00. The molecule has 0 atom stereocenters. The number of nitrogens with zero attached hydrogens (tertiary/aromatic N) is 1. The van der Waals surface area contributed by atoms with Crippen molar-refractivity contribution in [3.63, 3.8) is 0 Å². The lowest BCUT2D eigenvalue weighted by atomic mass is 10.2. The van der Waals surface area contributed by atoms with Crippen molar-refractivity contribution in [3.05, 3.63) is 92.8 Å². The first-order valence-corrected chi connectivity index (χ1v) is 9.95. The van der Waals surface area contributed by atoms with Gasteiger partial charge in [-0.2, -0.15) is 0 Å². The van der Waals surface area contributed by atoms with Crippen molar-refractivity contribution in [3.8, 4) is 5.69 Å². The van der Waals surface area contributed by atoms with Crippen LogP contribution >= 0.6 is 15.9 Å². The van der Waals surface area contributed by atoms with E-state index in [1.807, 2.05) is 0 Å². The lowest BCUT2D eigenvalue weighted by molar-refractivity contribution is 0.0934. The lowest BCUT2D eigenvalue weighted by Gasteiger charge is -2.10. The molecule has 154 valence electrons. The lowest BCUT2D eigenvalue weighted by Crippen LogP contribution is -2.33. The zero-order valence-corrected chi connectivity index (χ0v) is 17.8. The number of carbonyl (C=O) groups is 2. The maximum atomic E-state index is 12.7. The van der Waals surface area contributed by atoms with Crippen LogP contribution in [-0.2, 0) is 4.74 Å². The van der Waals surface area contributed by atoms with Crippen molar-refractivity contribution in [2.75, 3.05) is 25.6 Å². The van der Waals surface area contributed by atoms with Gasteiger partial charge in [0.1, 0.15) is 5.56 Å². The zero-order valence-electron chi connectivity index (χ0n) is 16.2. The Morgan fingerprint density at radius 2 is 1.70 bits per heavy atom. The first kappa shape index (κ1) is 21.5. The molecule has 1 aromatic heterocycles. The van der Waals surface area contributed by atoms with Crippen molar-refractivity contribution in [1.82, 2.24) is 9.88 Å². The summed E-state index contributed by atoms with van der Waals surface area (Å²) in [6.07, 6.45) is 1.59. The highest BCUT2D eigenvalue weighted by Crippen LogP contribution is 2.15. The van der Waals surface area contributed by atoms with E-state index >= 15 is 0 Å². The number of halogens is 1. The van der Waals surface area contributed by atoms with Gasteiger partial charge < -0.3 is 15.4 Å². The van der Waals surface area contributed by atoms with E-state index in [9.17, 15) is 14.4 Å². The van der Waals surface area contributed by atoms with Crippen molar-refractivity contribution in [1.29, 1.82) is 0 Å². The quantitative estimate of drug-likeness (QED) is 0.519. The molecular formula is C22H20BrN3O4. The molecule has 0 spiro atoms. The summed E-state index contributed by atoms with van der Waals surface area (Å²) in [6, 6.07) is 16.9. The number of hydrogen-bond acceptors (Lipinski definition) is 4. The van der Waals surface area contributed by atoms with Crippen molar-refractivity contribution in [2.24, 2.45) is 0 Å². The maximum absolute atomic E-state index is 12.7. The predicted molar refractivity (Wildman–Crippen MR) is 118 cm³/mol. The molecule has 0 saturated carbocycles. The highest BCUT2D eigenvalue weighted by molar-refractivity contribution is 9.10. The van der Waals surface area contributed by atoms with Gasteiger partial charge in [-0.15, -0.1) is 0 Å². The molecule has 0 saturated heterocycles. The Morgan fingerprint density at radius 1 is 1.00 bits per heavy atom. The number of nitrogens with one attached hydrogen (secondary N) is 2. The molecule has 0 aliphatic carbocycles. The second-order valence-corrected chi connectivity index (χ2v) is 7.27.